The maximum atomic E-state index is 13.1. The zero-order valence-electron chi connectivity index (χ0n) is 14.1. The van der Waals surface area contributed by atoms with E-state index in [1.165, 1.54) is 0 Å². The van der Waals surface area contributed by atoms with E-state index >= 15 is 0 Å². The zero-order chi connectivity index (χ0) is 19.0. The molecule has 5 nitrogen and oxygen atoms in total. The number of nitrogens with zero attached hydrogens (tertiary/aromatic N) is 1. The number of benzene rings is 3. The molecule has 0 fully saturated rings. The van der Waals surface area contributed by atoms with Crippen LogP contribution in [0.1, 0.15) is 0 Å². The largest absolute Gasteiger partial charge is 0.324 e. The quantitative estimate of drug-likeness (QED) is 0.658. The third-order valence-corrected chi connectivity index (χ3v) is 6.62. The number of nitrogens with one attached hydrogen (secondary N) is 1. The van der Waals surface area contributed by atoms with Crippen molar-refractivity contribution in [2.24, 2.45) is 0 Å². The number of para-hydroxylation sites is 1. The number of hydrogen-bond acceptors (Lipinski definition) is 3. The molecule has 0 aliphatic carbocycles. The number of carbonyl (C=O) groups excluding carboxylic acids is 1. The molecule has 1 aliphatic rings. The molecule has 3 aromatic rings. The summed E-state index contributed by atoms with van der Waals surface area (Å²) >= 11 is 3.35. The monoisotopic (exact) mass is 442 g/mol. The van der Waals surface area contributed by atoms with Crippen LogP contribution in [0.2, 0.25) is 0 Å². The van der Waals surface area contributed by atoms with Gasteiger partial charge in [0.2, 0.25) is 5.91 Å². The zero-order valence-corrected chi connectivity index (χ0v) is 16.5. The number of rotatable bonds is 3. The Labute approximate surface area is 165 Å². The number of carbonyl (C=O) groups is 1. The highest BCUT2D eigenvalue weighted by molar-refractivity contribution is 9.10. The van der Waals surface area contributed by atoms with Gasteiger partial charge in [-0.1, -0.05) is 58.4 Å². The van der Waals surface area contributed by atoms with Crippen LogP contribution >= 0.6 is 15.9 Å². The van der Waals surface area contributed by atoms with E-state index in [1.54, 1.807) is 54.6 Å². The molecule has 1 amide bonds. The van der Waals surface area contributed by atoms with Gasteiger partial charge in [-0.15, -0.1) is 0 Å². The molecule has 0 spiro atoms. The minimum atomic E-state index is -3.83. The van der Waals surface area contributed by atoms with Gasteiger partial charge in [0.15, 0.2) is 0 Å². The molecular weight excluding hydrogens is 428 g/mol. The highest BCUT2D eigenvalue weighted by atomic mass is 79.9. The second-order valence-electron chi connectivity index (χ2n) is 6.08. The molecule has 0 unspecified atom stereocenters. The summed E-state index contributed by atoms with van der Waals surface area (Å²) in [5.41, 5.74) is 2.54. The van der Waals surface area contributed by atoms with Crippen LogP contribution in [0.25, 0.3) is 11.1 Å². The molecule has 27 heavy (non-hydrogen) atoms. The fourth-order valence-electron chi connectivity index (χ4n) is 3.15. The van der Waals surface area contributed by atoms with Gasteiger partial charge in [0, 0.05) is 21.3 Å². The van der Waals surface area contributed by atoms with E-state index < -0.39 is 15.9 Å². The first-order valence-electron chi connectivity index (χ1n) is 8.23. The molecule has 0 aromatic heterocycles. The van der Waals surface area contributed by atoms with Gasteiger partial charge in [0.25, 0.3) is 10.0 Å². The average Bonchev–Trinajstić information content (AvgIpc) is 2.65. The molecule has 1 heterocycles. The molecule has 136 valence electrons. The van der Waals surface area contributed by atoms with Gasteiger partial charge >= 0.3 is 0 Å². The molecule has 0 saturated carbocycles. The first kappa shape index (κ1) is 17.8. The Kier molecular flexibility index (Phi) is 4.49. The normalized spacial score (nSPS) is 14.2. The molecule has 7 heteroatoms. The van der Waals surface area contributed by atoms with Crippen LogP contribution < -0.4 is 9.62 Å². The summed E-state index contributed by atoms with van der Waals surface area (Å²) in [6.07, 6.45) is 0. The summed E-state index contributed by atoms with van der Waals surface area (Å²) in [4.78, 5) is 12.8. The minimum Gasteiger partial charge on any atom is -0.324 e. The van der Waals surface area contributed by atoms with E-state index in [2.05, 4.69) is 21.2 Å². The van der Waals surface area contributed by atoms with Crippen LogP contribution in [0, 0.1) is 0 Å². The highest BCUT2D eigenvalue weighted by Gasteiger charge is 2.35. The summed E-state index contributed by atoms with van der Waals surface area (Å²) in [6.45, 7) is -0.305. The summed E-state index contributed by atoms with van der Waals surface area (Å²) < 4.78 is 28.3. The SMILES string of the molecule is O=C(CN1c2ccccc2-c2ccccc2S1(=O)=O)Nc1cccc(Br)c1. The maximum Gasteiger partial charge on any atom is 0.265 e. The van der Waals surface area contributed by atoms with Crippen molar-refractivity contribution in [3.8, 4) is 11.1 Å². The van der Waals surface area contributed by atoms with Crippen molar-refractivity contribution in [3.63, 3.8) is 0 Å². The number of hydrogen-bond donors (Lipinski definition) is 1. The topological polar surface area (TPSA) is 66.5 Å². The minimum absolute atomic E-state index is 0.207. The fraction of sp³-hybridized carbons (Fsp3) is 0.0500. The van der Waals surface area contributed by atoms with E-state index in [9.17, 15) is 13.2 Å². The van der Waals surface area contributed by atoms with Gasteiger partial charge in [0.1, 0.15) is 6.54 Å². The number of amides is 1. The van der Waals surface area contributed by atoms with E-state index in [1.807, 2.05) is 18.2 Å². The predicted octanol–water partition coefficient (Wildman–Crippen LogP) is 4.26. The standard InChI is InChI=1S/C20H15BrN2O3S/c21-14-6-5-7-15(12-14)22-20(24)13-23-18-10-3-1-8-16(18)17-9-2-4-11-19(17)27(23,25)26/h1-12H,13H2,(H,22,24). The van der Waals surface area contributed by atoms with Crippen molar-refractivity contribution in [1.29, 1.82) is 0 Å². The first-order chi connectivity index (χ1) is 13.0. The lowest BCUT2D eigenvalue weighted by Crippen LogP contribution is -2.40. The molecule has 1 aliphatic heterocycles. The van der Waals surface area contributed by atoms with Crippen LogP contribution in [0.15, 0.2) is 82.2 Å². The Hall–Kier alpha value is -2.64. The molecule has 0 atom stereocenters. The Bertz CT molecular complexity index is 1150. The van der Waals surface area contributed by atoms with Crippen molar-refractivity contribution in [2.75, 3.05) is 16.2 Å². The molecule has 0 saturated heterocycles. The van der Waals surface area contributed by atoms with Crippen LogP contribution in [0.3, 0.4) is 0 Å². The van der Waals surface area contributed by atoms with Crippen molar-refractivity contribution >= 4 is 43.2 Å². The first-order valence-corrected chi connectivity index (χ1v) is 10.5. The van der Waals surface area contributed by atoms with Gasteiger partial charge in [-0.05, 0) is 30.3 Å². The van der Waals surface area contributed by atoms with Crippen molar-refractivity contribution in [2.45, 2.75) is 4.90 Å². The molecule has 3 aromatic carbocycles. The smallest absolute Gasteiger partial charge is 0.265 e. The third-order valence-electron chi connectivity index (χ3n) is 4.31. The maximum absolute atomic E-state index is 13.1. The lowest BCUT2D eigenvalue weighted by molar-refractivity contribution is -0.114. The molecular formula is C20H15BrN2O3S. The highest BCUT2D eigenvalue weighted by Crippen LogP contribution is 2.42. The lowest BCUT2D eigenvalue weighted by atomic mass is 10.0. The Morgan fingerprint density at radius 1 is 0.926 bits per heavy atom. The van der Waals surface area contributed by atoms with E-state index in [0.29, 0.717) is 16.9 Å². The second kappa shape index (κ2) is 6.83. The van der Waals surface area contributed by atoms with Crippen molar-refractivity contribution in [1.82, 2.24) is 0 Å². The Morgan fingerprint density at radius 2 is 1.63 bits per heavy atom. The predicted molar refractivity (Wildman–Crippen MR) is 109 cm³/mol. The molecule has 1 N–H and O–H groups in total. The van der Waals surface area contributed by atoms with Crippen molar-refractivity contribution in [3.05, 3.63) is 77.3 Å². The summed E-state index contributed by atoms with van der Waals surface area (Å²) in [6, 6.07) is 21.2. The van der Waals surface area contributed by atoms with E-state index in [0.717, 1.165) is 14.3 Å². The van der Waals surface area contributed by atoms with Crippen LogP contribution in [-0.2, 0) is 14.8 Å². The van der Waals surface area contributed by atoms with Crippen LogP contribution in [-0.4, -0.2) is 20.9 Å². The Balaban J connectivity index is 1.71. The fourth-order valence-corrected chi connectivity index (χ4v) is 5.20. The lowest BCUT2D eigenvalue weighted by Gasteiger charge is -2.31. The summed E-state index contributed by atoms with van der Waals surface area (Å²) in [5.74, 6) is -0.411. The van der Waals surface area contributed by atoms with Gasteiger partial charge in [-0.25, -0.2) is 8.42 Å². The van der Waals surface area contributed by atoms with E-state index in [4.69, 9.17) is 0 Å². The van der Waals surface area contributed by atoms with Crippen LogP contribution in [0.4, 0.5) is 11.4 Å². The third kappa shape index (κ3) is 3.24. The molecule has 4 rings (SSSR count). The average molecular weight is 443 g/mol. The number of fused-ring (bicyclic) bond motifs is 3. The van der Waals surface area contributed by atoms with Crippen molar-refractivity contribution < 1.29 is 13.2 Å². The summed E-state index contributed by atoms with van der Waals surface area (Å²) in [7, 11) is -3.83. The Morgan fingerprint density at radius 3 is 2.41 bits per heavy atom. The second-order valence-corrected chi connectivity index (χ2v) is 8.83. The van der Waals surface area contributed by atoms with Gasteiger partial charge in [0.05, 0.1) is 10.6 Å². The van der Waals surface area contributed by atoms with Gasteiger partial charge < -0.3 is 5.32 Å². The number of sulfonamides is 1. The van der Waals surface area contributed by atoms with Crippen LogP contribution in [0.5, 0.6) is 0 Å². The van der Waals surface area contributed by atoms with Gasteiger partial charge in [-0.3, -0.25) is 9.10 Å². The number of anilines is 2. The molecule has 0 bridgehead atoms. The number of halogens is 1. The van der Waals surface area contributed by atoms with Gasteiger partial charge in [-0.2, -0.15) is 0 Å². The summed E-state index contributed by atoms with van der Waals surface area (Å²) in [5, 5.41) is 2.75. The molecule has 0 radical (unpaired) electrons. The van der Waals surface area contributed by atoms with E-state index in [-0.39, 0.29) is 11.4 Å².